The third-order valence-electron chi connectivity index (χ3n) is 1.98. The van der Waals surface area contributed by atoms with Crippen LogP contribution in [0, 0.1) is 0 Å². The third-order valence-corrected chi connectivity index (χ3v) is 2.70. The van der Waals surface area contributed by atoms with Gasteiger partial charge in [-0.1, -0.05) is 5.21 Å². The van der Waals surface area contributed by atoms with Crippen LogP contribution in [0.15, 0.2) is 11.6 Å². The summed E-state index contributed by atoms with van der Waals surface area (Å²) in [6, 6.07) is 0. The second kappa shape index (κ2) is 4.40. The number of anilines is 1. The number of nitrogens with two attached hydrogens (primary N) is 1. The van der Waals surface area contributed by atoms with Crippen LogP contribution in [0.3, 0.4) is 0 Å². The lowest BCUT2D eigenvalue weighted by Crippen LogP contribution is -2.07. The van der Waals surface area contributed by atoms with E-state index in [0.29, 0.717) is 17.2 Å². The number of hydrogen-bond donors (Lipinski definition) is 1. The standard InChI is InChI=1S/C9H11N5OS/c1-14-4-6(12-13-14)2-8(15)3-7-5-16-9(10)11-7/h4-5H,2-3H2,1H3,(H2,10,11). The Balaban J connectivity index is 1.94. The first-order chi connectivity index (χ1) is 7.63. The molecular weight excluding hydrogens is 226 g/mol. The van der Waals surface area contributed by atoms with Gasteiger partial charge in [-0.2, -0.15) is 0 Å². The average Bonchev–Trinajstić information content (AvgIpc) is 2.76. The van der Waals surface area contributed by atoms with E-state index in [4.69, 9.17) is 5.73 Å². The van der Waals surface area contributed by atoms with Crippen molar-refractivity contribution in [3.05, 3.63) is 23.0 Å². The molecule has 7 heteroatoms. The molecule has 2 rings (SSSR count). The quantitative estimate of drug-likeness (QED) is 0.821. The molecule has 0 aliphatic rings. The Morgan fingerprint density at radius 3 is 2.81 bits per heavy atom. The van der Waals surface area contributed by atoms with Crippen LogP contribution in [0.2, 0.25) is 0 Å². The molecule has 2 aromatic rings. The Kier molecular flexibility index (Phi) is 2.95. The second-order valence-corrected chi connectivity index (χ2v) is 4.34. The Labute approximate surface area is 96.1 Å². The van der Waals surface area contributed by atoms with E-state index >= 15 is 0 Å². The van der Waals surface area contributed by atoms with Crippen molar-refractivity contribution < 1.29 is 4.79 Å². The first kappa shape index (κ1) is 10.7. The van der Waals surface area contributed by atoms with Gasteiger partial charge in [-0.3, -0.25) is 9.48 Å². The van der Waals surface area contributed by atoms with Gasteiger partial charge in [0, 0.05) is 18.6 Å². The Hall–Kier alpha value is -1.76. The van der Waals surface area contributed by atoms with E-state index in [0.717, 1.165) is 5.69 Å². The maximum absolute atomic E-state index is 11.6. The van der Waals surface area contributed by atoms with Gasteiger partial charge in [0.25, 0.3) is 0 Å². The minimum atomic E-state index is 0.0609. The van der Waals surface area contributed by atoms with E-state index in [2.05, 4.69) is 15.3 Å². The molecule has 0 fully saturated rings. The first-order valence-corrected chi connectivity index (χ1v) is 5.58. The minimum absolute atomic E-state index is 0.0609. The molecular formula is C9H11N5OS. The van der Waals surface area contributed by atoms with Crippen LogP contribution in [0.5, 0.6) is 0 Å². The molecule has 0 bridgehead atoms. The maximum atomic E-state index is 11.6. The monoisotopic (exact) mass is 237 g/mol. The summed E-state index contributed by atoms with van der Waals surface area (Å²) >= 11 is 1.34. The van der Waals surface area contributed by atoms with Gasteiger partial charge in [-0.15, -0.1) is 16.4 Å². The fourth-order valence-electron chi connectivity index (χ4n) is 1.35. The normalized spacial score (nSPS) is 10.6. The molecule has 0 aromatic carbocycles. The van der Waals surface area contributed by atoms with Crippen LogP contribution in [0.25, 0.3) is 0 Å². The molecule has 2 heterocycles. The highest BCUT2D eigenvalue weighted by Crippen LogP contribution is 2.12. The molecule has 0 aliphatic heterocycles. The fraction of sp³-hybridized carbons (Fsp3) is 0.333. The molecule has 16 heavy (non-hydrogen) atoms. The van der Waals surface area contributed by atoms with Gasteiger partial charge in [0.15, 0.2) is 5.13 Å². The van der Waals surface area contributed by atoms with E-state index in [-0.39, 0.29) is 12.2 Å². The number of ketones is 1. The number of nitrogens with zero attached hydrogens (tertiary/aromatic N) is 4. The smallest absolute Gasteiger partial charge is 0.180 e. The summed E-state index contributed by atoms with van der Waals surface area (Å²) in [5.41, 5.74) is 6.88. The highest BCUT2D eigenvalue weighted by molar-refractivity contribution is 7.13. The number of carbonyl (C=O) groups is 1. The number of aryl methyl sites for hydroxylation is 1. The van der Waals surface area contributed by atoms with Crippen LogP contribution >= 0.6 is 11.3 Å². The SMILES string of the molecule is Cn1cc(CC(=O)Cc2csc(N)n2)nn1. The van der Waals surface area contributed by atoms with E-state index in [1.165, 1.54) is 11.3 Å². The summed E-state index contributed by atoms with van der Waals surface area (Å²) in [7, 11) is 1.77. The van der Waals surface area contributed by atoms with E-state index < -0.39 is 0 Å². The van der Waals surface area contributed by atoms with Crippen LogP contribution < -0.4 is 5.73 Å². The molecule has 0 aliphatic carbocycles. The van der Waals surface area contributed by atoms with Crippen LogP contribution in [-0.4, -0.2) is 25.8 Å². The first-order valence-electron chi connectivity index (χ1n) is 4.70. The fourth-order valence-corrected chi connectivity index (χ4v) is 1.91. The zero-order valence-corrected chi connectivity index (χ0v) is 9.57. The molecule has 0 saturated carbocycles. The van der Waals surface area contributed by atoms with Gasteiger partial charge in [-0.05, 0) is 0 Å². The molecule has 0 saturated heterocycles. The van der Waals surface area contributed by atoms with Crippen molar-refractivity contribution in [3.63, 3.8) is 0 Å². The predicted octanol–water partition coefficient (Wildman–Crippen LogP) is 0.208. The molecule has 0 unspecified atom stereocenters. The summed E-state index contributed by atoms with van der Waals surface area (Å²) in [5.74, 6) is 0.0609. The zero-order valence-electron chi connectivity index (χ0n) is 8.75. The largest absolute Gasteiger partial charge is 0.375 e. The van der Waals surface area contributed by atoms with E-state index in [9.17, 15) is 4.79 Å². The average molecular weight is 237 g/mol. The van der Waals surface area contributed by atoms with Gasteiger partial charge in [0.1, 0.15) is 5.78 Å². The number of aromatic nitrogens is 4. The van der Waals surface area contributed by atoms with Crippen molar-refractivity contribution in [2.75, 3.05) is 5.73 Å². The molecule has 84 valence electrons. The molecule has 0 atom stereocenters. The van der Waals surface area contributed by atoms with Crippen molar-refractivity contribution >= 4 is 22.3 Å². The van der Waals surface area contributed by atoms with Crippen molar-refractivity contribution in [2.45, 2.75) is 12.8 Å². The summed E-state index contributed by atoms with van der Waals surface area (Å²) in [5, 5.41) is 9.90. The summed E-state index contributed by atoms with van der Waals surface area (Å²) in [6.45, 7) is 0. The zero-order chi connectivity index (χ0) is 11.5. The van der Waals surface area contributed by atoms with Crippen LogP contribution in [-0.2, 0) is 24.7 Å². The molecule has 0 amide bonds. The van der Waals surface area contributed by atoms with Crippen LogP contribution in [0.1, 0.15) is 11.4 Å². The molecule has 2 N–H and O–H groups in total. The molecule has 2 aromatic heterocycles. The summed E-state index contributed by atoms with van der Waals surface area (Å²) < 4.78 is 1.57. The van der Waals surface area contributed by atoms with Crippen molar-refractivity contribution in [1.82, 2.24) is 20.0 Å². The lowest BCUT2D eigenvalue weighted by Gasteiger charge is -1.94. The number of Topliss-reactive ketones (excluding diaryl/α,β-unsaturated/α-hetero) is 1. The Morgan fingerprint density at radius 2 is 2.25 bits per heavy atom. The van der Waals surface area contributed by atoms with Gasteiger partial charge >= 0.3 is 0 Å². The number of carbonyl (C=O) groups excluding carboxylic acids is 1. The predicted molar refractivity (Wildman–Crippen MR) is 59.9 cm³/mol. The number of hydrogen-bond acceptors (Lipinski definition) is 6. The van der Waals surface area contributed by atoms with E-state index in [1.807, 2.05) is 0 Å². The van der Waals surface area contributed by atoms with Gasteiger partial charge in [0.2, 0.25) is 0 Å². The summed E-state index contributed by atoms with van der Waals surface area (Å²) in [6.07, 6.45) is 2.31. The maximum Gasteiger partial charge on any atom is 0.180 e. The lowest BCUT2D eigenvalue weighted by atomic mass is 10.1. The van der Waals surface area contributed by atoms with E-state index in [1.54, 1.807) is 23.3 Å². The van der Waals surface area contributed by atoms with Gasteiger partial charge < -0.3 is 5.73 Å². The highest BCUT2D eigenvalue weighted by Gasteiger charge is 2.09. The minimum Gasteiger partial charge on any atom is -0.375 e. The van der Waals surface area contributed by atoms with Crippen molar-refractivity contribution in [1.29, 1.82) is 0 Å². The van der Waals surface area contributed by atoms with Gasteiger partial charge in [-0.25, -0.2) is 4.98 Å². The van der Waals surface area contributed by atoms with Gasteiger partial charge in [0.05, 0.1) is 24.2 Å². The molecule has 6 nitrogen and oxygen atoms in total. The Bertz CT molecular complexity index is 459. The van der Waals surface area contributed by atoms with Crippen LogP contribution in [0.4, 0.5) is 5.13 Å². The number of thiazole rings is 1. The summed E-state index contributed by atoms with van der Waals surface area (Å²) in [4.78, 5) is 15.7. The number of rotatable bonds is 4. The van der Waals surface area contributed by atoms with Crippen molar-refractivity contribution in [2.24, 2.45) is 7.05 Å². The molecule has 0 radical (unpaired) electrons. The number of nitrogen functional groups attached to an aromatic ring is 1. The van der Waals surface area contributed by atoms with Crippen molar-refractivity contribution in [3.8, 4) is 0 Å². The third kappa shape index (κ3) is 2.63. The molecule has 0 spiro atoms. The Morgan fingerprint density at radius 1 is 1.50 bits per heavy atom. The highest BCUT2D eigenvalue weighted by atomic mass is 32.1. The topological polar surface area (TPSA) is 86.7 Å². The second-order valence-electron chi connectivity index (χ2n) is 3.45. The lowest BCUT2D eigenvalue weighted by molar-refractivity contribution is -0.117.